The minimum atomic E-state index is -4.60. The van der Waals surface area contributed by atoms with Crippen LogP contribution in [0.2, 0.25) is 0 Å². The Morgan fingerprint density at radius 2 is 2.10 bits per heavy atom. The average molecular weight is 287 g/mol. The fourth-order valence-corrected chi connectivity index (χ4v) is 1.68. The minimum absolute atomic E-state index is 0.0256. The first kappa shape index (κ1) is 13.9. The van der Waals surface area contributed by atoms with Gasteiger partial charge in [-0.3, -0.25) is 0 Å². The molecule has 1 aromatic carbocycles. The van der Waals surface area contributed by atoms with Crippen molar-refractivity contribution in [3.63, 3.8) is 0 Å². The van der Waals surface area contributed by atoms with E-state index in [9.17, 15) is 18.0 Å². The van der Waals surface area contributed by atoms with Gasteiger partial charge in [0.05, 0.1) is 18.2 Å². The van der Waals surface area contributed by atoms with Crippen LogP contribution in [-0.2, 0) is 6.18 Å². The third-order valence-electron chi connectivity index (χ3n) is 2.52. The van der Waals surface area contributed by atoms with Gasteiger partial charge in [0, 0.05) is 6.07 Å². The number of aromatic nitrogens is 1. The predicted octanol–water partition coefficient (Wildman–Crippen LogP) is 3.07. The van der Waals surface area contributed by atoms with E-state index in [2.05, 4.69) is 5.16 Å². The molecule has 1 aromatic heterocycles. The lowest BCUT2D eigenvalue weighted by Gasteiger charge is -2.14. The number of carboxylic acid groups (broad SMARTS) is 1. The van der Waals surface area contributed by atoms with Crippen molar-refractivity contribution in [2.45, 2.75) is 6.18 Å². The van der Waals surface area contributed by atoms with E-state index in [-0.39, 0.29) is 11.3 Å². The largest absolute Gasteiger partial charge is 0.495 e. The number of methoxy groups -OCH3 is 1. The van der Waals surface area contributed by atoms with Gasteiger partial charge in [-0.25, -0.2) is 4.79 Å². The smallest absolute Gasteiger partial charge is 0.419 e. The highest BCUT2D eigenvalue weighted by molar-refractivity contribution is 5.86. The molecule has 0 fully saturated rings. The lowest BCUT2D eigenvalue weighted by atomic mass is 10.1. The third-order valence-corrected chi connectivity index (χ3v) is 2.52. The van der Waals surface area contributed by atoms with E-state index in [1.54, 1.807) is 0 Å². The molecule has 0 saturated carbocycles. The molecule has 20 heavy (non-hydrogen) atoms. The van der Waals surface area contributed by atoms with Gasteiger partial charge in [0.15, 0.2) is 11.5 Å². The average Bonchev–Trinajstić information content (AvgIpc) is 2.86. The highest BCUT2D eigenvalue weighted by atomic mass is 19.4. The van der Waals surface area contributed by atoms with Crippen LogP contribution in [-0.4, -0.2) is 23.3 Å². The first-order chi connectivity index (χ1) is 9.34. The van der Waals surface area contributed by atoms with Crippen molar-refractivity contribution in [2.75, 3.05) is 7.11 Å². The molecule has 0 bridgehead atoms. The maximum atomic E-state index is 12.8. The summed E-state index contributed by atoms with van der Waals surface area (Å²) in [6.07, 6.45) is -4.60. The second-order valence-electron chi connectivity index (χ2n) is 3.77. The summed E-state index contributed by atoms with van der Waals surface area (Å²) in [6.45, 7) is 0. The molecule has 2 rings (SSSR count). The van der Waals surface area contributed by atoms with Crippen LogP contribution in [0, 0.1) is 0 Å². The third kappa shape index (κ3) is 2.44. The Balaban J connectivity index is 2.59. The normalized spacial score (nSPS) is 11.4. The quantitative estimate of drug-likeness (QED) is 0.939. The number of hydrogen-bond acceptors (Lipinski definition) is 4. The van der Waals surface area contributed by atoms with Crippen molar-refractivity contribution in [3.05, 3.63) is 35.5 Å². The van der Waals surface area contributed by atoms with Crippen molar-refractivity contribution in [1.82, 2.24) is 5.16 Å². The number of alkyl halides is 3. The fourth-order valence-electron chi connectivity index (χ4n) is 1.68. The van der Waals surface area contributed by atoms with Gasteiger partial charge in [-0.05, 0) is 12.1 Å². The molecule has 0 amide bonds. The van der Waals surface area contributed by atoms with E-state index in [0.29, 0.717) is 0 Å². The van der Waals surface area contributed by atoms with Crippen LogP contribution < -0.4 is 4.74 Å². The molecule has 1 N–H and O–H groups in total. The lowest BCUT2D eigenvalue weighted by Crippen LogP contribution is -2.08. The molecule has 0 atom stereocenters. The number of aromatic carboxylic acids is 1. The van der Waals surface area contributed by atoms with E-state index in [4.69, 9.17) is 14.4 Å². The molecule has 0 unspecified atom stereocenters. The maximum absolute atomic E-state index is 12.8. The Bertz CT molecular complexity index is 648. The van der Waals surface area contributed by atoms with E-state index in [1.807, 2.05) is 0 Å². The molecule has 5 nitrogen and oxygen atoms in total. The summed E-state index contributed by atoms with van der Waals surface area (Å²) in [5.41, 5.74) is -1.41. The molecule has 2 aromatic rings. The summed E-state index contributed by atoms with van der Waals surface area (Å²) >= 11 is 0. The number of benzene rings is 1. The molecule has 0 saturated heterocycles. The van der Waals surface area contributed by atoms with E-state index in [0.717, 1.165) is 19.2 Å². The summed E-state index contributed by atoms with van der Waals surface area (Å²) in [7, 11) is 1.09. The number of rotatable bonds is 3. The van der Waals surface area contributed by atoms with Gasteiger partial charge in [0.2, 0.25) is 0 Å². The Kier molecular flexibility index (Phi) is 3.39. The van der Waals surface area contributed by atoms with Crippen molar-refractivity contribution >= 4 is 5.97 Å². The van der Waals surface area contributed by atoms with Crippen LogP contribution in [0.5, 0.6) is 5.75 Å². The summed E-state index contributed by atoms with van der Waals surface area (Å²) in [6, 6.07) is 4.38. The summed E-state index contributed by atoms with van der Waals surface area (Å²) < 4.78 is 48.0. The van der Waals surface area contributed by atoms with Crippen LogP contribution in [0.4, 0.5) is 13.2 Å². The van der Waals surface area contributed by atoms with Crippen LogP contribution in [0.3, 0.4) is 0 Å². The Hall–Kier alpha value is -2.51. The Morgan fingerprint density at radius 1 is 1.40 bits per heavy atom. The summed E-state index contributed by atoms with van der Waals surface area (Å²) in [4.78, 5) is 10.7. The number of nitrogens with zero attached hydrogens (tertiary/aromatic N) is 1. The van der Waals surface area contributed by atoms with Gasteiger partial charge in [-0.15, -0.1) is 0 Å². The lowest BCUT2D eigenvalue weighted by molar-refractivity contribution is -0.138. The number of carboxylic acids is 1. The van der Waals surface area contributed by atoms with Crippen LogP contribution in [0.1, 0.15) is 16.1 Å². The summed E-state index contributed by atoms with van der Waals surface area (Å²) in [5.74, 6) is -1.91. The van der Waals surface area contributed by atoms with Gasteiger partial charge >= 0.3 is 12.1 Å². The second-order valence-corrected chi connectivity index (χ2v) is 3.77. The van der Waals surface area contributed by atoms with Gasteiger partial charge in [-0.1, -0.05) is 11.2 Å². The van der Waals surface area contributed by atoms with E-state index >= 15 is 0 Å². The zero-order chi connectivity index (χ0) is 14.9. The van der Waals surface area contributed by atoms with Gasteiger partial charge in [-0.2, -0.15) is 13.2 Å². The van der Waals surface area contributed by atoms with Crippen LogP contribution >= 0.6 is 0 Å². The zero-order valence-electron chi connectivity index (χ0n) is 10.1. The SMILES string of the molecule is COc1c(-c2cc(C(=O)O)no2)cccc1C(F)(F)F. The number of hydrogen-bond donors (Lipinski definition) is 1. The first-order valence-electron chi connectivity index (χ1n) is 5.29. The van der Waals surface area contributed by atoms with Crippen molar-refractivity contribution < 1.29 is 32.3 Å². The molecule has 0 aliphatic heterocycles. The molecule has 8 heteroatoms. The topological polar surface area (TPSA) is 72.6 Å². The number of carbonyl (C=O) groups is 1. The number of ether oxygens (including phenoxy) is 1. The monoisotopic (exact) mass is 287 g/mol. The first-order valence-corrected chi connectivity index (χ1v) is 5.29. The van der Waals surface area contributed by atoms with Crippen molar-refractivity contribution in [2.24, 2.45) is 0 Å². The van der Waals surface area contributed by atoms with Crippen molar-refractivity contribution in [3.8, 4) is 17.1 Å². The minimum Gasteiger partial charge on any atom is -0.495 e. The molecular formula is C12H8F3NO4. The molecule has 106 valence electrons. The van der Waals surface area contributed by atoms with Gasteiger partial charge in [0.25, 0.3) is 0 Å². The summed E-state index contributed by atoms with van der Waals surface area (Å²) in [5, 5.41) is 12.0. The van der Waals surface area contributed by atoms with Gasteiger partial charge < -0.3 is 14.4 Å². The maximum Gasteiger partial charge on any atom is 0.419 e. The number of para-hydroxylation sites is 1. The van der Waals surface area contributed by atoms with Gasteiger partial charge in [0.1, 0.15) is 5.75 Å². The molecule has 1 heterocycles. The molecule has 0 aliphatic rings. The van der Waals surface area contributed by atoms with E-state index < -0.39 is 29.2 Å². The number of halogens is 3. The molecule has 0 aliphatic carbocycles. The molecule has 0 spiro atoms. The molecular weight excluding hydrogens is 279 g/mol. The standard InChI is InChI=1S/C12H8F3NO4/c1-19-10-6(3-2-4-7(10)12(13,14)15)9-5-8(11(17)18)16-20-9/h2-5H,1H3,(H,17,18). The zero-order valence-corrected chi connectivity index (χ0v) is 10.1. The second kappa shape index (κ2) is 4.87. The molecule has 0 radical (unpaired) electrons. The Morgan fingerprint density at radius 3 is 2.60 bits per heavy atom. The van der Waals surface area contributed by atoms with E-state index in [1.165, 1.54) is 12.1 Å². The van der Waals surface area contributed by atoms with Crippen molar-refractivity contribution in [1.29, 1.82) is 0 Å². The fraction of sp³-hybridized carbons (Fsp3) is 0.167. The Labute approximate surface area is 110 Å². The predicted molar refractivity (Wildman–Crippen MR) is 60.5 cm³/mol. The van der Waals surface area contributed by atoms with Crippen LogP contribution in [0.25, 0.3) is 11.3 Å². The van der Waals surface area contributed by atoms with Crippen LogP contribution in [0.15, 0.2) is 28.8 Å². The highest BCUT2D eigenvalue weighted by Gasteiger charge is 2.35. The highest BCUT2D eigenvalue weighted by Crippen LogP contribution is 2.41.